The molecule has 1 unspecified atom stereocenters. The molecule has 1 atom stereocenters. The van der Waals surface area contributed by atoms with Crippen molar-refractivity contribution in [3.63, 3.8) is 0 Å². The number of nitrogens with one attached hydrogen (secondary N) is 1. The van der Waals surface area contributed by atoms with Crippen molar-refractivity contribution in [2.45, 2.75) is 12.5 Å². The Balaban J connectivity index is 2.28. The van der Waals surface area contributed by atoms with Gasteiger partial charge < -0.3 is 0 Å². The summed E-state index contributed by atoms with van der Waals surface area (Å²) in [5, 5.41) is 1.91. The molecule has 3 N–H and O–H groups in total. The van der Waals surface area contributed by atoms with Crippen LogP contribution >= 0.6 is 50.7 Å². The smallest absolute Gasteiger partial charge is 0.0512 e. The summed E-state index contributed by atoms with van der Waals surface area (Å²) >= 11 is 21.5. The first-order valence-corrected chi connectivity index (χ1v) is 7.79. The van der Waals surface area contributed by atoms with Crippen LogP contribution < -0.4 is 11.3 Å². The van der Waals surface area contributed by atoms with Crippen LogP contribution in [0.2, 0.25) is 15.1 Å². The molecule has 0 aromatic heterocycles. The van der Waals surface area contributed by atoms with Crippen LogP contribution in [0.1, 0.15) is 17.2 Å². The minimum absolute atomic E-state index is 0.0830. The Morgan fingerprint density at radius 3 is 2.30 bits per heavy atom. The summed E-state index contributed by atoms with van der Waals surface area (Å²) < 4.78 is 0.901. The van der Waals surface area contributed by atoms with Crippen LogP contribution in [-0.4, -0.2) is 0 Å². The van der Waals surface area contributed by atoms with Gasteiger partial charge in [-0.05, 0) is 41.8 Å². The molecule has 0 fully saturated rings. The average molecular weight is 395 g/mol. The number of rotatable bonds is 4. The Morgan fingerprint density at radius 1 is 1.05 bits per heavy atom. The largest absolute Gasteiger partial charge is 0.271 e. The first kappa shape index (κ1) is 16.1. The van der Waals surface area contributed by atoms with Crippen molar-refractivity contribution < 1.29 is 0 Å². The first-order chi connectivity index (χ1) is 9.51. The van der Waals surface area contributed by atoms with E-state index >= 15 is 0 Å². The molecular weight excluding hydrogens is 382 g/mol. The highest BCUT2D eigenvalue weighted by Crippen LogP contribution is 2.30. The molecule has 0 bridgehead atoms. The quantitative estimate of drug-likeness (QED) is 0.555. The van der Waals surface area contributed by atoms with Crippen molar-refractivity contribution in [1.29, 1.82) is 0 Å². The number of benzene rings is 2. The minimum Gasteiger partial charge on any atom is -0.271 e. The number of hydrogen-bond donors (Lipinski definition) is 2. The number of nitrogens with two attached hydrogens (primary N) is 1. The molecule has 2 nitrogen and oxygen atoms in total. The van der Waals surface area contributed by atoms with Crippen LogP contribution in [0.4, 0.5) is 0 Å². The molecule has 106 valence electrons. The summed E-state index contributed by atoms with van der Waals surface area (Å²) in [5.74, 6) is 5.67. The van der Waals surface area contributed by atoms with E-state index in [1.807, 2.05) is 30.3 Å². The summed E-state index contributed by atoms with van der Waals surface area (Å²) in [6.07, 6.45) is 0.646. The molecule has 0 amide bonds. The zero-order valence-electron chi connectivity index (χ0n) is 10.3. The maximum atomic E-state index is 6.20. The summed E-state index contributed by atoms with van der Waals surface area (Å²) in [6.45, 7) is 0. The van der Waals surface area contributed by atoms with Gasteiger partial charge in [0.2, 0.25) is 0 Å². The lowest BCUT2D eigenvalue weighted by Crippen LogP contribution is -2.29. The molecule has 0 aliphatic heterocycles. The zero-order chi connectivity index (χ0) is 14.7. The summed E-state index contributed by atoms with van der Waals surface area (Å²) in [4.78, 5) is 0. The number of hydrazine groups is 1. The fourth-order valence-corrected chi connectivity index (χ4v) is 3.39. The van der Waals surface area contributed by atoms with E-state index in [0.29, 0.717) is 21.5 Å². The van der Waals surface area contributed by atoms with Crippen molar-refractivity contribution >= 4 is 50.7 Å². The number of hydrogen-bond acceptors (Lipinski definition) is 2. The van der Waals surface area contributed by atoms with Gasteiger partial charge in [0.05, 0.1) is 6.04 Å². The van der Waals surface area contributed by atoms with E-state index in [9.17, 15) is 0 Å². The Morgan fingerprint density at radius 2 is 1.70 bits per heavy atom. The van der Waals surface area contributed by atoms with Gasteiger partial charge >= 0.3 is 0 Å². The maximum Gasteiger partial charge on any atom is 0.0512 e. The summed E-state index contributed by atoms with van der Waals surface area (Å²) in [6, 6.07) is 11.0. The molecule has 0 radical (unpaired) electrons. The van der Waals surface area contributed by atoms with E-state index in [4.69, 9.17) is 40.6 Å². The third-order valence-electron chi connectivity index (χ3n) is 2.98. The van der Waals surface area contributed by atoms with Crippen LogP contribution in [0.3, 0.4) is 0 Å². The van der Waals surface area contributed by atoms with E-state index in [-0.39, 0.29) is 6.04 Å². The lowest BCUT2D eigenvalue weighted by Gasteiger charge is -2.19. The van der Waals surface area contributed by atoms with Gasteiger partial charge in [-0.2, -0.15) is 0 Å². The molecule has 2 aromatic carbocycles. The van der Waals surface area contributed by atoms with E-state index in [1.165, 1.54) is 0 Å². The highest BCUT2D eigenvalue weighted by Gasteiger charge is 2.15. The summed E-state index contributed by atoms with van der Waals surface area (Å²) in [7, 11) is 0. The molecule has 0 spiro atoms. The molecule has 20 heavy (non-hydrogen) atoms. The van der Waals surface area contributed by atoms with Gasteiger partial charge in [0.15, 0.2) is 0 Å². The fourth-order valence-electron chi connectivity index (χ4n) is 1.95. The Hall–Kier alpha value is -0.290. The SMILES string of the molecule is NNC(Cc1ccc(Cl)cc1Cl)c1ccc(Cl)cc1Br. The van der Waals surface area contributed by atoms with Crippen molar-refractivity contribution in [2.24, 2.45) is 5.84 Å². The Kier molecular flexibility index (Phi) is 5.73. The van der Waals surface area contributed by atoms with Crippen LogP contribution in [0, 0.1) is 0 Å². The lowest BCUT2D eigenvalue weighted by atomic mass is 9.99. The fraction of sp³-hybridized carbons (Fsp3) is 0.143. The highest BCUT2D eigenvalue weighted by atomic mass is 79.9. The van der Waals surface area contributed by atoms with Crippen LogP contribution in [0.25, 0.3) is 0 Å². The number of halogens is 4. The first-order valence-electron chi connectivity index (χ1n) is 5.86. The van der Waals surface area contributed by atoms with Gasteiger partial charge in [-0.25, -0.2) is 0 Å². The molecule has 2 aromatic rings. The van der Waals surface area contributed by atoms with Gasteiger partial charge in [-0.15, -0.1) is 0 Å². The average Bonchev–Trinajstić information content (AvgIpc) is 2.39. The van der Waals surface area contributed by atoms with Gasteiger partial charge in [0.25, 0.3) is 0 Å². The van der Waals surface area contributed by atoms with Crippen LogP contribution in [-0.2, 0) is 6.42 Å². The van der Waals surface area contributed by atoms with E-state index < -0.39 is 0 Å². The molecule has 0 aliphatic carbocycles. The van der Waals surface area contributed by atoms with Gasteiger partial charge in [0, 0.05) is 19.5 Å². The van der Waals surface area contributed by atoms with Crippen molar-refractivity contribution in [2.75, 3.05) is 0 Å². The van der Waals surface area contributed by atoms with Gasteiger partial charge in [-0.1, -0.05) is 62.9 Å². The molecule has 0 aliphatic rings. The van der Waals surface area contributed by atoms with Crippen molar-refractivity contribution in [3.8, 4) is 0 Å². The van der Waals surface area contributed by atoms with Crippen molar-refractivity contribution in [3.05, 3.63) is 67.1 Å². The third kappa shape index (κ3) is 3.88. The predicted octanol–water partition coefficient (Wildman–Crippen LogP) is 5.16. The lowest BCUT2D eigenvalue weighted by molar-refractivity contribution is 0.550. The van der Waals surface area contributed by atoms with E-state index in [1.54, 1.807) is 6.07 Å². The predicted molar refractivity (Wildman–Crippen MR) is 89.4 cm³/mol. The van der Waals surface area contributed by atoms with Crippen LogP contribution in [0.15, 0.2) is 40.9 Å². The second-order valence-corrected chi connectivity index (χ2v) is 6.46. The molecule has 6 heteroatoms. The highest BCUT2D eigenvalue weighted by molar-refractivity contribution is 9.10. The molecule has 0 saturated heterocycles. The van der Waals surface area contributed by atoms with Crippen molar-refractivity contribution in [1.82, 2.24) is 5.43 Å². The van der Waals surface area contributed by atoms with Crippen LogP contribution in [0.5, 0.6) is 0 Å². The molecule has 0 saturated carbocycles. The monoisotopic (exact) mass is 392 g/mol. The molecular formula is C14H12BrCl3N2. The van der Waals surface area contributed by atoms with E-state index in [2.05, 4.69) is 21.4 Å². The normalized spacial score (nSPS) is 12.4. The van der Waals surface area contributed by atoms with Gasteiger partial charge in [0.1, 0.15) is 0 Å². The van der Waals surface area contributed by atoms with Gasteiger partial charge in [-0.3, -0.25) is 11.3 Å². The van der Waals surface area contributed by atoms with E-state index in [0.717, 1.165) is 15.6 Å². The molecule has 0 heterocycles. The summed E-state index contributed by atoms with van der Waals surface area (Å²) in [5.41, 5.74) is 4.79. The Labute approximate surface area is 141 Å². The second kappa shape index (κ2) is 7.12. The second-order valence-electron chi connectivity index (χ2n) is 4.32. The zero-order valence-corrected chi connectivity index (χ0v) is 14.2. The third-order valence-corrected chi connectivity index (χ3v) is 4.49. The Bertz CT molecular complexity index is 619. The molecule has 2 rings (SSSR count). The maximum absolute atomic E-state index is 6.20. The standard InChI is InChI=1S/C14H12BrCl3N2/c15-12-6-9(16)3-4-11(12)14(20-19)5-8-1-2-10(17)7-13(8)18/h1-4,6-7,14,20H,5,19H2. The minimum atomic E-state index is -0.0830. The topological polar surface area (TPSA) is 38.0 Å².